The topological polar surface area (TPSA) is 72.7 Å². The van der Waals surface area contributed by atoms with Gasteiger partial charge in [0, 0.05) is 11.9 Å². The largest absolute Gasteiger partial charge is 0.352 e. The van der Waals surface area contributed by atoms with Crippen LogP contribution in [0.4, 0.5) is 0 Å². The van der Waals surface area contributed by atoms with E-state index in [-0.39, 0.29) is 11.7 Å². The molecule has 0 radical (unpaired) electrons. The van der Waals surface area contributed by atoms with Gasteiger partial charge in [-0.2, -0.15) is 4.68 Å². The summed E-state index contributed by atoms with van der Waals surface area (Å²) in [6, 6.07) is 14.0. The zero-order chi connectivity index (χ0) is 16.1. The lowest BCUT2D eigenvalue weighted by Crippen LogP contribution is -2.25. The van der Waals surface area contributed by atoms with Crippen molar-refractivity contribution in [1.82, 2.24) is 25.5 Å². The summed E-state index contributed by atoms with van der Waals surface area (Å²) in [5.41, 5.74) is 0.891. The molecular weight excluding hydrogens is 310 g/mol. The van der Waals surface area contributed by atoms with Crippen LogP contribution in [0.25, 0.3) is 16.5 Å². The predicted octanol–water partition coefficient (Wildman–Crippen LogP) is 2.21. The maximum Gasteiger partial charge on any atom is 0.230 e. The number of aromatic nitrogens is 4. The number of carbonyl (C=O) groups is 1. The van der Waals surface area contributed by atoms with Gasteiger partial charge in [-0.3, -0.25) is 4.79 Å². The fourth-order valence-electron chi connectivity index (χ4n) is 2.18. The van der Waals surface area contributed by atoms with E-state index in [2.05, 4.69) is 27.4 Å². The SMILES string of the molecule is C=CCNC(=O)CSc1nnnn1-c1cccc2ccccc12. The first kappa shape index (κ1) is 15.2. The number of carbonyl (C=O) groups excluding carboxylic acids is 1. The Morgan fingerprint density at radius 3 is 2.96 bits per heavy atom. The quantitative estimate of drug-likeness (QED) is 0.556. The fourth-order valence-corrected chi connectivity index (χ4v) is 2.89. The second-order valence-corrected chi connectivity index (χ2v) is 5.70. The van der Waals surface area contributed by atoms with Gasteiger partial charge in [0.15, 0.2) is 0 Å². The van der Waals surface area contributed by atoms with Crippen LogP contribution in [0.3, 0.4) is 0 Å². The third-order valence-electron chi connectivity index (χ3n) is 3.21. The highest BCUT2D eigenvalue weighted by Crippen LogP contribution is 2.25. The van der Waals surface area contributed by atoms with Crippen molar-refractivity contribution in [3.05, 3.63) is 55.1 Å². The molecule has 7 heteroatoms. The van der Waals surface area contributed by atoms with E-state index in [1.165, 1.54) is 11.8 Å². The minimum Gasteiger partial charge on any atom is -0.352 e. The average molecular weight is 325 g/mol. The molecule has 0 saturated carbocycles. The summed E-state index contributed by atoms with van der Waals surface area (Å²) < 4.78 is 1.66. The summed E-state index contributed by atoms with van der Waals surface area (Å²) in [4.78, 5) is 11.7. The van der Waals surface area contributed by atoms with Crippen LogP contribution in [0.1, 0.15) is 0 Å². The third kappa shape index (κ3) is 3.40. The minimum atomic E-state index is -0.0811. The molecule has 116 valence electrons. The summed E-state index contributed by atoms with van der Waals surface area (Å²) >= 11 is 1.30. The second kappa shape index (κ2) is 7.06. The normalized spacial score (nSPS) is 10.6. The van der Waals surface area contributed by atoms with Crippen molar-refractivity contribution in [3.63, 3.8) is 0 Å². The highest BCUT2D eigenvalue weighted by Gasteiger charge is 2.13. The molecule has 0 fully saturated rings. The van der Waals surface area contributed by atoms with Gasteiger partial charge >= 0.3 is 0 Å². The molecule has 6 nitrogen and oxygen atoms in total. The number of amides is 1. The minimum absolute atomic E-state index is 0.0811. The standard InChI is InChI=1S/C16H15N5OS/c1-2-10-17-15(22)11-23-16-18-19-20-21(16)14-9-5-7-12-6-3-4-8-13(12)14/h2-9H,1,10-11H2,(H,17,22). The van der Waals surface area contributed by atoms with Crippen molar-refractivity contribution in [3.8, 4) is 5.69 Å². The zero-order valence-electron chi connectivity index (χ0n) is 12.3. The lowest BCUT2D eigenvalue weighted by atomic mass is 10.1. The number of nitrogens with zero attached hydrogens (tertiary/aromatic N) is 4. The van der Waals surface area contributed by atoms with Gasteiger partial charge in [0.2, 0.25) is 11.1 Å². The maximum atomic E-state index is 11.7. The van der Waals surface area contributed by atoms with Crippen LogP contribution >= 0.6 is 11.8 Å². The summed E-state index contributed by atoms with van der Waals surface area (Å²) in [6.45, 7) is 4.02. The predicted molar refractivity (Wildman–Crippen MR) is 90.6 cm³/mol. The Labute approximate surface area is 137 Å². The van der Waals surface area contributed by atoms with E-state index < -0.39 is 0 Å². The Kier molecular flexibility index (Phi) is 4.68. The monoisotopic (exact) mass is 325 g/mol. The lowest BCUT2D eigenvalue weighted by Gasteiger charge is -2.08. The molecule has 1 N–H and O–H groups in total. The molecule has 0 aliphatic rings. The summed E-state index contributed by atoms with van der Waals surface area (Å²) in [5, 5.41) is 17.3. The Balaban J connectivity index is 1.85. The van der Waals surface area contributed by atoms with Gasteiger partial charge in [0.25, 0.3) is 0 Å². The van der Waals surface area contributed by atoms with E-state index >= 15 is 0 Å². The third-order valence-corrected chi connectivity index (χ3v) is 4.13. The van der Waals surface area contributed by atoms with E-state index in [9.17, 15) is 4.79 Å². The number of fused-ring (bicyclic) bond motifs is 1. The first-order chi connectivity index (χ1) is 11.3. The number of benzene rings is 2. The van der Waals surface area contributed by atoms with E-state index in [0.29, 0.717) is 11.7 Å². The maximum absolute atomic E-state index is 11.7. The van der Waals surface area contributed by atoms with Crippen molar-refractivity contribution in [2.45, 2.75) is 5.16 Å². The highest BCUT2D eigenvalue weighted by atomic mass is 32.2. The van der Waals surface area contributed by atoms with Gasteiger partial charge in [-0.1, -0.05) is 54.2 Å². The molecule has 3 aromatic rings. The van der Waals surface area contributed by atoms with Crippen LogP contribution in [0, 0.1) is 0 Å². The summed E-state index contributed by atoms with van der Waals surface area (Å²) in [7, 11) is 0. The van der Waals surface area contributed by atoms with Gasteiger partial charge in [0.1, 0.15) is 0 Å². The molecule has 0 unspecified atom stereocenters. The number of tetrazole rings is 1. The van der Waals surface area contributed by atoms with Crippen LogP contribution in [-0.4, -0.2) is 38.4 Å². The smallest absolute Gasteiger partial charge is 0.230 e. The average Bonchev–Trinajstić information content (AvgIpc) is 3.06. The van der Waals surface area contributed by atoms with Crippen LogP contribution in [-0.2, 0) is 4.79 Å². The Bertz CT molecular complexity index is 840. The van der Waals surface area contributed by atoms with E-state index in [1.807, 2.05) is 42.5 Å². The Morgan fingerprint density at radius 1 is 1.26 bits per heavy atom. The molecule has 0 bridgehead atoms. The van der Waals surface area contributed by atoms with E-state index in [4.69, 9.17) is 0 Å². The highest BCUT2D eigenvalue weighted by molar-refractivity contribution is 7.99. The first-order valence-corrected chi connectivity index (χ1v) is 8.05. The number of hydrogen-bond donors (Lipinski definition) is 1. The van der Waals surface area contributed by atoms with Gasteiger partial charge in [-0.15, -0.1) is 11.7 Å². The molecule has 3 rings (SSSR count). The molecule has 0 aliphatic carbocycles. The van der Waals surface area contributed by atoms with Crippen molar-refractivity contribution in [2.24, 2.45) is 0 Å². The number of hydrogen-bond acceptors (Lipinski definition) is 5. The van der Waals surface area contributed by atoms with Crippen LogP contribution in [0.5, 0.6) is 0 Å². The van der Waals surface area contributed by atoms with Crippen LogP contribution < -0.4 is 5.32 Å². The number of rotatable bonds is 6. The number of thioether (sulfide) groups is 1. The van der Waals surface area contributed by atoms with Crippen molar-refractivity contribution in [1.29, 1.82) is 0 Å². The Hall–Kier alpha value is -2.67. The molecular formula is C16H15N5OS. The second-order valence-electron chi connectivity index (χ2n) is 4.75. The molecule has 23 heavy (non-hydrogen) atoms. The van der Waals surface area contributed by atoms with Gasteiger partial charge < -0.3 is 5.32 Å². The molecule has 0 saturated heterocycles. The molecule has 0 atom stereocenters. The fraction of sp³-hybridized carbons (Fsp3) is 0.125. The van der Waals surface area contributed by atoms with Gasteiger partial charge in [-0.05, 0) is 21.9 Å². The molecule has 0 aliphatic heterocycles. The van der Waals surface area contributed by atoms with Gasteiger partial charge in [-0.25, -0.2) is 0 Å². The van der Waals surface area contributed by atoms with Crippen molar-refractivity contribution >= 4 is 28.4 Å². The van der Waals surface area contributed by atoms with Crippen molar-refractivity contribution in [2.75, 3.05) is 12.3 Å². The van der Waals surface area contributed by atoms with Crippen LogP contribution in [0.2, 0.25) is 0 Å². The zero-order valence-corrected chi connectivity index (χ0v) is 13.2. The first-order valence-electron chi connectivity index (χ1n) is 7.06. The van der Waals surface area contributed by atoms with Crippen LogP contribution in [0.15, 0.2) is 60.3 Å². The molecule has 2 aromatic carbocycles. The molecule has 0 spiro atoms. The molecule has 1 aromatic heterocycles. The number of nitrogens with one attached hydrogen (secondary N) is 1. The summed E-state index contributed by atoms with van der Waals surface area (Å²) in [5.74, 6) is 0.168. The lowest BCUT2D eigenvalue weighted by molar-refractivity contribution is -0.118. The summed E-state index contributed by atoms with van der Waals surface area (Å²) in [6.07, 6.45) is 1.64. The van der Waals surface area contributed by atoms with E-state index in [0.717, 1.165) is 16.5 Å². The molecule has 1 heterocycles. The molecule has 1 amide bonds. The van der Waals surface area contributed by atoms with Crippen molar-refractivity contribution < 1.29 is 4.79 Å². The Morgan fingerprint density at radius 2 is 2.09 bits per heavy atom. The van der Waals surface area contributed by atoms with E-state index in [1.54, 1.807) is 10.8 Å². The van der Waals surface area contributed by atoms with Gasteiger partial charge in [0.05, 0.1) is 11.4 Å².